The molecule has 1 unspecified atom stereocenters. The van der Waals surface area contributed by atoms with Crippen LogP contribution < -0.4 is 5.32 Å². The van der Waals surface area contributed by atoms with Gasteiger partial charge in [0.25, 0.3) is 5.91 Å². The summed E-state index contributed by atoms with van der Waals surface area (Å²) in [6.07, 6.45) is 1.68. The number of fused-ring (bicyclic) bond motifs is 1. The van der Waals surface area contributed by atoms with E-state index in [1.165, 1.54) is 5.39 Å². The zero-order valence-electron chi connectivity index (χ0n) is 15.0. The summed E-state index contributed by atoms with van der Waals surface area (Å²) < 4.78 is 1.67. The van der Waals surface area contributed by atoms with Crippen molar-refractivity contribution >= 4 is 16.7 Å². The Kier molecular flexibility index (Phi) is 4.66. The number of carbonyl (C=O) groups excluding carboxylic acids is 1. The minimum absolute atomic E-state index is 0.124. The molecule has 1 heterocycles. The molecule has 0 radical (unpaired) electrons. The van der Waals surface area contributed by atoms with Crippen molar-refractivity contribution in [3.63, 3.8) is 0 Å². The van der Waals surface area contributed by atoms with E-state index in [0.717, 1.165) is 16.5 Å². The lowest BCUT2D eigenvalue weighted by Gasteiger charge is -2.14. The van der Waals surface area contributed by atoms with Crippen molar-refractivity contribution in [1.29, 1.82) is 0 Å². The van der Waals surface area contributed by atoms with Crippen LogP contribution in [0.4, 0.5) is 0 Å². The van der Waals surface area contributed by atoms with E-state index in [1.54, 1.807) is 10.9 Å². The van der Waals surface area contributed by atoms with Gasteiger partial charge in [-0.05, 0) is 34.9 Å². The zero-order chi connectivity index (χ0) is 18.6. The molecular formula is C22H20N4O. The molecule has 5 heteroatoms. The standard InChI is InChI=1S/C22H20N4O/c1-16(19-12-11-18-9-5-6-10-20(18)13-19)23-22(27)21-15-26(25-24-21)14-17-7-3-2-4-8-17/h2-13,15-16H,14H2,1H3,(H,23,27). The number of aromatic nitrogens is 3. The monoisotopic (exact) mass is 356 g/mol. The number of amides is 1. The van der Waals surface area contributed by atoms with Gasteiger partial charge in [-0.3, -0.25) is 4.79 Å². The number of rotatable bonds is 5. The van der Waals surface area contributed by atoms with Crippen LogP contribution in [0.3, 0.4) is 0 Å². The fraction of sp³-hybridized carbons (Fsp3) is 0.136. The lowest BCUT2D eigenvalue weighted by molar-refractivity contribution is 0.0934. The highest BCUT2D eigenvalue weighted by Gasteiger charge is 2.15. The normalized spacial score (nSPS) is 12.0. The third-order valence-corrected chi connectivity index (χ3v) is 4.58. The van der Waals surface area contributed by atoms with Gasteiger partial charge in [-0.25, -0.2) is 4.68 Å². The van der Waals surface area contributed by atoms with Gasteiger partial charge in [0.15, 0.2) is 5.69 Å². The van der Waals surface area contributed by atoms with E-state index in [9.17, 15) is 4.79 Å². The van der Waals surface area contributed by atoms with E-state index in [0.29, 0.717) is 12.2 Å². The van der Waals surface area contributed by atoms with Crippen molar-refractivity contribution in [1.82, 2.24) is 20.3 Å². The topological polar surface area (TPSA) is 59.8 Å². The van der Waals surface area contributed by atoms with Crippen LogP contribution in [0, 0.1) is 0 Å². The lowest BCUT2D eigenvalue weighted by Crippen LogP contribution is -2.27. The molecule has 0 aliphatic carbocycles. The van der Waals surface area contributed by atoms with Crippen molar-refractivity contribution in [2.75, 3.05) is 0 Å². The van der Waals surface area contributed by atoms with Crippen LogP contribution in [-0.4, -0.2) is 20.9 Å². The Labute approximate surface area is 157 Å². The van der Waals surface area contributed by atoms with E-state index in [1.807, 2.05) is 55.5 Å². The summed E-state index contributed by atoms with van der Waals surface area (Å²) in [5.41, 5.74) is 2.48. The van der Waals surface area contributed by atoms with Crippen LogP contribution in [0.5, 0.6) is 0 Å². The van der Waals surface area contributed by atoms with E-state index < -0.39 is 0 Å². The summed E-state index contributed by atoms with van der Waals surface area (Å²) in [6, 6.07) is 24.2. The van der Waals surface area contributed by atoms with Gasteiger partial charge < -0.3 is 5.32 Å². The van der Waals surface area contributed by atoms with Gasteiger partial charge in [0.1, 0.15) is 0 Å². The summed E-state index contributed by atoms with van der Waals surface area (Å²) in [5, 5.41) is 13.4. The van der Waals surface area contributed by atoms with Crippen molar-refractivity contribution in [2.45, 2.75) is 19.5 Å². The van der Waals surface area contributed by atoms with E-state index in [2.05, 4.69) is 39.9 Å². The van der Waals surface area contributed by atoms with Gasteiger partial charge in [0.05, 0.1) is 18.8 Å². The maximum Gasteiger partial charge on any atom is 0.273 e. The fourth-order valence-corrected chi connectivity index (χ4v) is 3.08. The third-order valence-electron chi connectivity index (χ3n) is 4.58. The van der Waals surface area contributed by atoms with Crippen molar-refractivity contribution < 1.29 is 4.79 Å². The number of hydrogen-bond acceptors (Lipinski definition) is 3. The van der Waals surface area contributed by atoms with Gasteiger partial charge >= 0.3 is 0 Å². The van der Waals surface area contributed by atoms with Crippen molar-refractivity contribution in [3.05, 3.63) is 95.8 Å². The van der Waals surface area contributed by atoms with Gasteiger partial charge in [-0.15, -0.1) is 5.10 Å². The van der Waals surface area contributed by atoms with Crippen LogP contribution in [0.15, 0.2) is 79.0 Å². The van der Waals surface area contributed by atoms with E-state index in [4.69, 9.17) is 0 Å². The summed E-state index contributed by atoms with van der Waals surface area (Å²) in [5.74, 6) is -0.227. The minimum Gasteiger partial charge on any atom is -0.344 e. The Hall–Kier alpha value is -3.47. The molecule has 0 bridgehead atoms. The summed E-state index contributed by atoms with van der Waals surface area (Å²) >= 11 is 0. The molecule has 0 saturated heterocycles. The summed E-state index contributed by atoms with van der Waals surface area (Å²) in [4.78, 5) is 12.5. The maximum atomic E-state index is 12.5. The average molecular weight is 356 g/mol. The highest BCUT2D eigenvalue weighted by atomic mass is 16.2. The predicted molar refractivity (Wildman–Crippen MR) is 105 cm³/mol. The highest BCUT2D eigenvalue weighted by molar-refractivity contribution is 5.92. The molecule has 1 amide bonds. The number of nitrogens with one attached hydrogen (secondary N) is 1. The summed E-state index contributed by atoms with van der Waals surface area (Å²) in [6.45, 7) is 2.55. The zero-order valence-corrected chi connectivity index (χ0v) is 15.0. The first kappa shape index (κ1) is 17.0. The Morgan fingerprint density at radius 1 is 1.00 bits per heavy atom. The van der Waals surface area contributed by atoms with Gasteiger partial charge in [-0.1, -0.05) is 71.9 Å². The van der Waals surface area contributed by atoms with Crippen LogP contribution >= 0.6 is 0 Å². The van der Waals surface area contributed by atoms with Gasteiger partial charge in [0.2, 0.25) is 0 Å². The molecule has 27 heavy (non-hydrogen) atoms. The first-order valence-corrected chi connectivity index (χ1v) is 8.93. The summed E-state index contributed by atoms with van der Waals surface area (Å²) in [7, 11) is 0. The molecule has 0 aliphatic heterocycles. The van der Waals surface area contributed by atoms with Crippen LogP contribution in [0.25, 0.3) is 10.8 Å². The molecule has 0 saturated carbocycles. The minimum atomic E-state index is -0.227. The highest BCUT2D eigenvalue weighted by Crippen LogP contribution is 2.20. The molecule has 4 rings (SSSR count). The second-order valence-electron chi connectivity index (χ2n) is 6.59. The molecule has 0 spiro atoms. The van der Waals surface area contributed by atoms with E-state index in [-0.39, 0.29) is 11.9 Å². The second-order valence-corrected chi connectivity index (χ2v) is 6.59. The van der Waals surface area contributed by atoms with Crippen molar-refractivity contribution in [2.24, 2.45) is 0 Å². The van der Waals surface area contributed by atoms with Gasteiger partial charge in [0, 0.05) is 0 Å². The third kappa shape index (κ3) is 3.87. The largest absolute Gasteiger partial charge is 0.344 e. The number of nitrogens with zero attached hydrogens (tertiary/aromatic N) is 3. The SMILES string of the molecule is CC(NC(=O)c1cn(Cc2ccccc2)nn1)c1ccc2ccccc2c1. The quantitative estimate of drug-likeness (QED) is 0.589. The van der Waals surface area contributed by atoms with Crippen LogP contribution in [-0.2, 0) is 6.54 Å². The molecule has 4 aromatic rings. The lowest BCUT2D eigenvalue weighted by atomic mass is 10.0. The Bertz CT molecular complexity index is 1070. The predicted octanol–water partition coefficient (Wildman–Crippen LogP) is 3.97. The average Bonchev–Trinajstić information content (AvgIpc) is 3.17. The molecule has 1 aromatic heterocycles. The Balaban J connectivity index is 1.45. The molecule has 134 valence electrons. The second kappa shape index (κ2) is 7.41. The van der Waals surface area contributed by atoms with Crippen LogP contribution in [0.2, 0.25) is 0 Å². The molecule has 1 atom stereocenters. The van der Waals surface area contributed by atoms with Crippen molar-refractivity contribution in [3.8, 4) is 0 Å². The molecular weight excluding hydrogens is 336 g/mol. The molecule has 0 aliphatic rings. The number of hydrogen-bond donors (Lipinski definition) is 1. The van der Waals surface area contributed by atoms with Crippen LogP contribution in [0.1, 0.15) is 34.6 Å². The maximum absolute atomic E-state index is 12.5. The molecule has 3 aromatic carbocycles. The first-order valence-electron chi connectivity index (χ1n) is 8.93. The smallest absolute Gasteiger partial charge is 0.273 e. The fourth-order valence-electron chi connectivity index (χ4n) is 3.08. The Morgan fingerprint density at radius 2 is 1.74 bits per heavy atom. The number of benzene rings is 3. The first-order chi connectivity index (χ1) is 13.2. The Morgan fingerprint density at radius 3 is 2.56 bits per heavy atom. The molecule has 0 fully saturated rings. The number of carbonyl (C=O) groups is 1. The van der Waals surface area contributed by atoms with Gasteiger partial charge in [-0.2, -0.15) is 0 Å². The molecule has 1 N–H and O–H groups in total. The molecule has 5 nitrogen and oxygen atoms in total. The van der Waals surface area contributed by atoms with E-state index >= 15 is 0 Å².